The molecule has 1 saturated carbocycles. The minimum absolute atomic E-state index is 0.206. The maximum absolute atomic E-state index is 13.1. The molecule has 1 aliphatic carbocycles. The van der Waals surface area contributed by atoms with E-state index in [0.29, 0.717) is 17.5 Å². The van der Waals surface area contributed by atoms with E-state index in [-0.39, 0.29) is 6.04 Å². The van der Waals surface area contributed by atoms with Crippen LogP contribution in [0.5, 0.6) is 0 Å². The molecule has 21 heavy (non-hydrogen) atoms. The third kappa shape index (κ3) is 3.15. The van der Waals surface area contributed by atoms with Crippen molar-refractivity contribution in [3.63, 3.8) is 0 Å². The van der Waals surface area contributed by atoms with Crippen LogP contribution in [-0.4, -0.2) is 37.9 Å². The second-order valence-corrected chi connectivity index (χ2v) is 8.23. The van der Waals surface area contributed by atoms with Gasteiger partial charge in [-0.05, 0) is 63.3 Å². The summed E-state index contributed by atoms with van der Waals surface area (Å²) in [5, 5.41) is 3.41. The van der Waals surface area contributed by atoms with Gasteiger partial charge in [0.2, 0.25) is 10.0 Å². The van der Waals surface area contributed by atoms with Crippen molar-refractivity contribution in [2.24, 2.45) is 0 Å². The SMILES string of the molecule is Cc1ccc(C)c(S(=O)(=O)N(CC2CCCN2)C2CC2)c1. The van der Waals surface area contributed by atoms with E-state index in [0.717, 1.165) is 43.4 Å². The molecule has 0 spiro atoms. The summed E-state index contributed by atoms with van der Waals surface area (Å²) in [4.78, 5) is 0.479. The molecule has 0 amide bonds. The predicted molar refractivity (Wildman–Crippen MR) is 83.9 cm³/mol. The van der Waals surface area contributed by atoms with Crippen molar-refractivity contribution in [3.8, 4) is 0 Å². The maximum atomic E-state index is 13.1. The second-order valence-electron chi connectivity index (χ2n) is 6.37. The summed E-state index contributed by atoms with van der Waals surface area (Å²) in [6.45, 7) is 5.44. The molecule has 0 bridgehead atoms. The lowest BCUT2D eigenvalue weighted by atomic mass is 10.2. The first-order chi connectivity index (χ1) is 9.98. The van der Waals surface area contributed by atoms with Crippen molar-refractivity contribution in [2.75, 3.05) is 13.1 Å². The lowest BCUT2D eigenvalue weighted by molar-refractivity contribution is 0.362. The molecule has 1 N–H and O–H groups in total. The smallest absolute Gasteiger partial charge is 0.243 e. The third-order valence-corrected chi connectivity index (χ3v) is 6.51. The van der Waals surface area contributed by atoms with E-state index in [9.17, 15) is 8.42 Å². The van der Waals surface area contributed by atoms with E-state index in [4.69, 9.17) is 0 Å². The van der Waals surface area contributed by atoms with Crippen molar-refractivity contribution < 1.29 is 8.42 Å². The van der Waals surface area contributed by atoms with Gasteiger partial charge in [0.15, 0.2) is 0 Å². The number of hydrogen-bond acceptors (Lipinski definition) is 3. The standard InChI is InChI=1S/C16H24N2O2S/c1-12-5-6-13(2)16(10-12)21(19,20)18(15-7-8-15)11-14-4-3-9-17-14/h5-6,10,14-15,17H,3-4,7-9,11H2,1-2H3. The Morgan fingerprint density at radius 3 is 2.62 bits per heavy atom. The van der Waals surface area contributed by atoms with Gasteiger partial charge in [0, 0.05) is 18.6 Å². The molecule has 1 unspecified atom stereocenters. The van der Waals surface area contributed by atoms with Gasteiger partial charge in [-0.15, -0.1) is 0 Å². The molecule has 1 aromatic carbocycles. The molecule has 116 valence electrons. The minimum atomic E-state index is -3.39. The van der Waals surface area contributed by atoms with Crippen LogP contribution in [0, 0.1) is 13.8 Å². The molecule has 1 aliphatic heterocycles. The summed E-state index contributed by atoms with van der Waals surface area (Å²) in [7, 11) is -3.39. The van der Waals surface area contributed by atoms with Gasteiger partial charge in [-0.2, -0.15) is 4.31 Å². The largest absolute Gasteiger partial charge is 0.313 e. The van der Waals surface area contributed by atoms with Crippen LogP contribution in [0.1, 0.15) is 36.8 Å². The summed E-state index contributed by atoms with van der Waals surface area (Å²) in [6.07, 6.45) is 4.21. The molecule has 1 aromatic rings. The Morgan fingerprint density at radius 2 is 2.00 bits per heavy atom. The maximum Gasteiger partial charge on any atom is 0.243 e. The normalized spacial score (nSPS) is 22.9. The van der Waals surface area contributed by atoms with Crippen LogP contribution in [0.15, 0.2) is 23.1 Å². The fourth-order valence-electron chi connectivity index (χ4n) is 3.05. The molecule has 5 heteroatoms. The fourth-order valence-corrected chi connectivity index (χ4v) is 5.09. The van der Waals surface area contributed by atoms with Crippen LogP contribution in [0.3, 0.4) is 0 Å². The quantitative estimate of drug-likeness (QED) is 0.907. The zero-order chi connectivity index (χ0) is 15.0. The Hall–Kier alpha value is -0.910. The highest BCUT2D eigenvalue weighted by Crippen LogP contribution is 2.33. The van der Waals surface area contributed by atoms with Crippen molar-refractivity contribution in [2.45, 2.75) is 56.5 Å². The average molecular weight is 308 g/mol. The van der Waals surface area contributed by atoms with Gasteiger partial charge in [-0.1, -0.05) is 12.1 Å². The van der Waals surface area contributed by atoms with E-state index in [1.54, 1.807) is 4.31 Å². The van der Waals surface area contributed by atoms with E-state index in [2.05, 4.69) is 5.32 Å². The Morgan fingerprint density at radius 1 is 1.24 bits per heavy atom. The minimum Gasteiger partial charge on any atom is -0.313 e. The van der Waals surface area contributed by atoms with Crippen LogP contribution >= 0.6 is 0 Å². The Bertz CT molecular complexity index is 617. The summed E-state index contributed by atoms with van der Waals surface area (Å²) in [5.41, 5.74) is 1.83. The number of hydrogen-bond donors (Lipinski definition) is 1. The molecule has 0 radical (unpaired) electrons. The third-order valence-electron chi connectivity index (χ3n) is 4.45. The van der Waals surface area contributed by atoms with Crippen LogP contribution in [0.25, 0.3) is 0 Å². The monoisotopic (exact) mass is 308 g/mol. The molecule has 3 rings (SSSR count). The van der Waals surface area contributed by atoms with Crippen LogP contribution in [0.2, 0.25) is 0 Å². The van der Waals surface area contributed by atoms with Crippen LogP contribution < -0.4 is 5.32 Å². The Balaban J connectivity index is 1.91. The van der Waals surface area contributed by atoms with Gasteiger partial charge < -0.3 is 5.32 Å². The molecule has 1 saturated heterocycles. The number of benzene rings is 1. The number of rotatable bonds is 5. The molecule has 1 atom stereocenters. The van der Waals surface area contributed by atoms with Crippen LogP contribution in [0.4, 0.5) is 0 Å². The number of sulfonamides is 1. The highest BCUT2D eigenvalue weighted by Gasteiger charge is 2.40. The average Bonchev–Trinajstić information content (AvgIpc) is 3.14. The fraction of sp³-hybridized carbons (Fsp3) is 0.625. The van der Waals surface area contributed by atoms with E-state index >= 15 is 0 Å². The van der Waals surface area contributed by atoms with Gasteiger partial charge in [-0.25, -0.2) is 8.42 Å². The first-order valence-corrected chi connectivity index (χ1v) is 9.25. The van der Waals surface area contributed by atoms with Gasteiger partial charge in [-0.3, -0.25) is 0 Å². The van der Waals surface area contributed by atoms with Gasteiger partial charge in [0.1, 0.15) is 0 Å². The van der Waals surface area contributed by atoms with E-state index in [1.807, 2.05) is 32.0 Å². The van der Waals surface area contributed by atoms with Crippen molar-refractivity contribution >= 4 is 10.0 Å². The lowest BCUT2D eigenvalue weighted by Gasteiger charge is -2.26. The zero-order valence-corrected chi connectivity index (χ0v) is 13.6. The summed E-state index contributed by atoms with van der Waals surface area (Å²) in [5.74, 6) is 0. The molecule has 2 fully saturated rings. The number of nitrogens with zero attached hydrogens (tertiary/aromatic N) is 1. The van der Waals surface area contributed by atoms with Gasteiger partial charge >= 0.3 is 0 Å². The lowest BCUT2D eigenvalue weighted by Crippen LogP contribution is -2.42. The van der Waals surface area contributed by atoms with Crippen molar-refractivity contribution in [1.82, 2.24) is 9.62 Å². The molecular formula is C16H24N2O2S. The first-order valence-electron chi connectivity index (χ1n) is 7.81. The Labute approximate surface area is 127 Å². The van der Waals surface area contributed by atoms with Gasteiger partial charge in [0.05, 0.1) is 4.90 Å². The molecule has 4 nitrogen and oxygen atoms in total. The highest BCUT2D eigenvalue weighted by molar-refractivity contribution is 7.89. The van der Waals surface area contributed by atoms with Crippen molar-refractivity contribution in [1.29, 1.82) is 0 Å². The van der Waals surface area contributed by atoms with Gasteiger partial charge in [0.25, 0.3) is 0 Å². The molecule has 0 aromatic heterocycles. The van der Waals surface area contributed by atoms with E-state index in [1.165, 1.54) is 0 Å². The molecular weight excluding hydrogens is 284 g/mol. The zero-order valence-electron chi connectivity index (χ0n) is 12.8. The van der Waals surface area contributed by atoms with Crippen molar-refractivity contribution in [3.05, 3.63) is 29.3 Å². The summed E-state index contributed by atoms with van der Waals surface area (Å²) < 4.78 is 27.9. The van der Waals surface area contributed by atoms with Crippen LogP contribution in [-0.2, 0) is 10.0 Å². The first kappa shape index (κ1) is 15.0. The molecule has 1 heterocycles. The number of aryl methyl sites for hydroxylation is 2. The van der Waals surface area contributed by atoms with E-state index < -0.39 is 10.0 Å². The summed E-state index contributed by atoms with van der Waals surface area (Å²) in [6, 6.07) is 6.19. The second kappa shape index (κ2) is 5.71. The highest BCUT2D eigenvalue weighted by atomic mass is 32.2. The Kier molecular flexibility index (Phi) is 4.08. The molecule has 2 aliphatic rings. The summed E-state index contributed by atoms with van der Waals surface area (Å²) >= 11 is 0. The number of nitrogens with one attached hydrogen (secondary N) is 1. The topological polar surface area (TPSA) is 49.4 Å². The predicted octanol–water partition coefficient (Wildman–Crippen LogP) is 2.21.